The van der Waals surface area contributed by atoms with Gasteiger partial charge in [-0.05, 0) is 37.6 Å². The fourth-order valence-corrected chi connectivity index (χ4v) is 1.53. The van der Waals surface area contributed by atoms with E-state index in [1.54, 1.807) is 12.1 Å². The maximum atomic E-state index is 11.7. The van der Waals surface area contributed by atoms with E-state index in [1.165, 1.54) is 19.1 Å². The molecular formula is C15H20N2O4. The number of hydrogen-bond donors (Lipinski definition) is 2. The predicted octanol–water partition coefficient (Wildman–Crippen LogP) is 1.72. The first-order chi connectivity index (χ1) is 9.92. The first kappa shape index (κ1) is 16.7. The minimum Gasteiger partial charge on any atom is -0.452 e. The van der Waals surface area contributed by atoms with Crippen LogP contribution in [0.3, 0.4) is 0 Å². The summed E-state index contributed by atoms with van der Waals surface area (Å²) in [6, 6.07) is 6.29. The lowest BCUT2D eigenvalue weighted by Gasteiger charge is -2.11. The third kappa shape index (κ3) is 6.07. The van der Waals surface area contributed by atoms with Crippen LogP contribution in [0.15, 0.2) is 24.3 Å². The molecule has 6 heteroatoms. The number of rotatable bonds is 6. The molecule has 1 atom stereocenters. The highest BCUT2D eigenvalue weighted by Gasteiger charge is 2.11. The van der Waals surface area contributed by atoms with Crippen molar-refractivity contribution < 1.29 is 19.1 Å². The molecule has 114 valence electrons. The average molecular weight is 292 g/mol. The summed E-state index contributed by atoms with van der Waals surface area (Å²) in [5.41, 5.74) is 0.911. The van der Waals surface area contributed by atoms with Crippen molar-refractivity contribution in [3.63, 3.8) is 0 Å². The number of nitrogens with one attached hydrogen (secondary N) is 2. The number of esters is 1. The molecule has 0 aliphatic carbocycles. The molecule has 0 fully saturated rings. The van der Waals surface area contributed by atoms with Crippen molar-refractivity contribution in [2.24, 2.45) is 0 Å². The van der Waals surface area contributed by atoms with Crippen LogP contribution in [0.2, 0.25) is 0 Å². The molecule has 2 amide bonds. The van der Waals surface area contributed by atoms with E-state index < -0.39 is 5.97 Å². The van der Waals surface area contributed by atoms with Gasteiger partial charge in [0.25, 0.3) is 5.91 Å². The summed E-state index contributed by atoms with van der Waals surface area (Å²) >= 11 is 0. The standard InChI is InChI=1S/C15H20N2O4/c1-4-10(2)16-14(19)9-21-15(20)12-5-7-13(8-6-12)17-11(3)18/h5-8,10H,4,9H2,1-3H3,(H,16,19)(H,17,18)/t10-/m1/s1. The van der Waals surface area contributed by atoms with Crippen LogP contribution in [0.5, 0.6) is 0 Å². The first-order valence-electron chi connectivity index (χ1n) is 6.76. The van der Waals surface area contributed by atoms with Crippen LogP contribution >= 0.6 is 0 Å². The van der Waals surface area contributed by atoms with Gasteiger partial charge in [0.1, 0.15) is 0 Å². The molecule has 0 unspecified atom stereocenters. The topological polar surface area (TPSA) is 84.5 Å². The van der Waals surface area contributed by atoms with Crippen molar-refractivity contribution in [1.82, 2.24) is 5.32 Å². The number of ether oxygens (including phenoxy) is 1. The van der Waals surface area contributed by atoms with E-state index in [-0.39, 0.29) is 24.5 Å². The molecule has 0 heterocycles. The lowest BCUT2D eigenvalue weighted by Crippen LogP contribution is -2.35. The van der Waals surface area contributed by atoms with Gasteiger partial charge < -0.3 is 15.4 Å². The lowest BCUT2D eigenvalue weighted by atomic mass is 10.2. The van der Waals surface area contributed by atoms with Crippen molar-refractivity contribution in [2.75, 3.05) is 11.9 Å². The summed E-state index contributed by atoms with van der Waals surface area (Å²) in [4.78, 5) is 34.1. The maximum Gasteiger partial charge on any atom is 0.338 e. The van der Waals surface area contributed by atoms with Crippen molar-refractivity contribution in [3.05, 3.63) is 29.8 Å². The van der Waals surface area contributed by atoms with Gasteiger partial charge in [0.05, 0.1) is 5.56 Å². The molecular weight excluding hydrogens is 272 g/mol. The van der Waals surface area contributed by atoms with Crippen molar-refractivity contribution in [1.29, 1.82) is 0 Å². The van der Waals surface area contributed by atoms with Crippen LogP contribution in [0.25, 0.3) is 0 Å². The molecule has 0 saturated carbocycles. The van der Waals surface area contributed by atoms with Gasteiger partial charge in [-0.3, -0.25) is 9.59 Å². The van der Waals surface area contributed by atoms with Gasteiger partial charge in [-0.15, -0.1) is 0 Å². The van der Waals surface area contributed by atoms with Crippen LogP contribution in [0.4, 0.5) is 5.69 Å². The van der Waals surface area contributed by atoms with Crippen LogP contribution in [0, 0.1) is 0 Å². The summed E-state index contributed by atoms with van der Waals surface area (Å²) in [6.07, 6.45) is 0.810. The quantitative estimate of drug-likeness (QED) is 0.782. The molecule has 0 spiro atoms. The highest BCUT2D eigenvalue weighted by Crippen LogP contribution is 2.10. The Hall–Kier alpha value is -2.37. The van der Waals surface area contributed by atoms with E-state index in [2.05, 4.69) is 10.6 Å². The maximum absolute atomic E-state index is 11.7. The van der Waals surface area contributed by atoms with Gasteiger partial charge in [-0.25, -0.2) is 4.79 Å². The Bertz CT molecular complexity index is 511. The summed E-state index contributed by atoms with van der Waals surface area (Å²) in [5.74, 6) is -1.09. The van der Waals surface area contributed by atoms with Gasteiger partial charge in [0.2, 0.25) is 5.91 Å². The molecule has 21 heavy (non-hydrogen) atoms. The van der Waals surface area contributed by atoms with Crippen molar-refractivity contribution >= 4 is 23.5 Å². The summed E-state index contributed by atoms with van der Waals surface area (Å²) < 4.78 is 4.92. The number of carbonyl (C=O) groups excluding carboxylic acids is 3. The predicted molar refractivity (Wildman–Crippen MR) is 78.9 cm³/mol. The number of carbonyl (C=O) groups is 3. The second-order valence-corrected chi connectivity index (χ2v) is 4.71. The number of amides is 2. The zero-order valence-corrected chi connectivity index (χ0v) is 12.4. The summed E-state index contributed by atoms with van der Waals surface area (Å²) in [7, 11) is 0. The Labute approximate surface area is 123 Å². The van der Waals surface area contributed by atoms with E-state index in [1.807, 2.05) is 13.8 Å². The number of anilines is 1. The average Bonchev–Trinajstić information content (AvgIpc) is 2.44. The minimum atomic E-state index is -0.580. The SMILES string of the molecule is CC[C@@H](C)NC(=O)COC(=O)c1ccc(NC(C)=O)cc1. The molecule has 6 nitrogen and oxygen atoms in total. The molecule has 1 aromatic rings. The fourth-order valence-electron chi connectivity index (χ4n) is 1.53. The Morgan fingerprint density at radius 3 is 2.33 bits per heavy atom. The molecule has 0 aliphatic rings. The van der Waals surface area contributed by atoms with Gasteiger partial charge in [-0.2, -0.15) is 0 Å². The third-order valence-corrected chi connectivity index (χ3v) is 2.80. The zero-order chi connectivity index (χ0) is 15.8. The molecule has 0 aliphatic heterocycles. The van der Waals surface area contributed by atoms with E-state index in [4.69, 9.17) is 4.74 Å². The molecule has 0 radical (unpaired) electrons. The van der Waals surface area contributed by atoms with Crippen LogP contribution in [0.1, 0.15) is 37.6 Å². The second kappa shape index (κ2) is 8.04. The highest BCUT2D eigenvalue weighted by atomic mass is 16.5. The Balaban J connectivity index is 2.48. The second-order valence-electron chi connectivity index (χ2n) is 4.71. The summed E-state index contributed by atoms with van der Waals surface area (Å²) in [6.45, 7) is 4.92. The van der Waals surface area contributed by atoms with E-state index in [9.17, 15) is 14.4 Å². The largest absolute Gasteiger partial charge is 0.452 e. The Morgan fingerprint density at radius 1 is 1.19 bits per heavy atom. The van der Waals surface area contributed by atoms with Gasteiger partial charge >= 0.3 is 5.97 Å². The van der Waals surface area contributed by atoms with Gasteiger partial charge in [-0.1, -0.05) is 6.92 Å². The van der Waals surface area contributed by atoms with Gasteiger partial charge in [0.15, 0.2) is 6.61 Å². The van der Waals surface area contributed by atoms with Crippen molar-refractivity contribution in [3.8, 4) is 0 Å². The zero-order valence-electron chi connectivity index (χ0n) is 12.4. The van der Waals surface area contributed by atoms with E-state index in [0.29, 0.717) is 11.3 Å². The van der Waals surface area contributed by atoms with E-state index >= 15 is 0 Å². The molecule has 0 saturated heterocycles. The monoisotopic (exact) mass is 292 g/mol. The van der Waals surface area contributed by atoms with Crippen molar-refractivity contribution in [2.45, 2.75) is 33.2 Å². The lowest BCUT2D eigenvalue weighted by molar-refractivity contribution is -0.124. The highest BCUT2D eigenvalue weighted by molar-refractivity contribution is 5.93. The number of hydrogen-bond acceptors (Lipinski definition) is 4. The molecule has 0 aromatic heterocycles. The smallest absolute Gasteiger partial charge is 0.338 e. The van der Waals surface area contributed by atoms with Gasteiger partial charge in [0, 0.05) is 18.7 Å². The Morgan fingerprint density at radius 2 is 1.81 bits per heavy atom. The molecule has 2 N–H and O–H groups in total. The molecule has 1 rings (SSSR count). The van der Waals surface area contributed by atoms with E-state index in [0.717, 1.165) is 6.42 Å². The normalized spacial score (nSPS) is 11.4. The Kier molecular flexibility index (Phi) is 6.39. The third-order valence-electron chi connectivity index (χ3n) is 2.80. The fraction of sp³-hybridized carbons (Fsp3) is 0.400. The van der Waals surface area contributed by atoms with Crippen LogP contribution in [-0.4, -0.2) is 30.4 Å². The summed E-state index contributed by atoms with van der Waals surface area (Å²) in [5, 5.41) is 5.30. The minimum absolute atomic E-state index is 0.0492. The first-order valence-corrected chi connectivity index (χ1v) is 6.76. The van der Waals surface area contributed by atoms with Crippen LogP contribution in [-0.2, 0) is 14.3 Å². The molecule has 0 bridgehead atoms. The number of benzene rings is 1. The van der Waals surface area contributed by atoms with Crippen LogP contribution < -0.4 is 10.6 Å². The molecule has 1 aromatic carbocycles.